The van der Waals surface area contributed by atoms with Crippen molar-refractivity contribution >= 4 is 33.6 Å². The highest BCUT2D eigenvalue weighted by molar-refractivity contribution is 7.89. The minimum Gasteiger partial charge on any atom is -0.481 e. The van der Waals surface area contributed by atoms with Gasteiger partial charge in [0.2, 0.25) is 10.0 Å². The average molecular weight is 322 g/mol. The standard InChI is InChI=1S/C11H12ClNO6S/c12-7-1-3-8(4-2-7)20(18,19)13-9(11(16)17)5-6-10(14)15/h1-4,9,13H,5-6H2,(H,14,15)(H,16,17)/t9-/m0/s1. The zero-order valence-electron chi connectivity index (χ0n) is 10.1. The number of sulfonamides is 1. The van der Waals surface area contributed by atoms with Gasteiger partial charge in [0.15, 0.2) is 0 Å². The first kappa shape index (κ1) is 16.4. The van der Waals surface area contributed by atoms with Crippen molar-refractivity contribution in [2.75, 3.05) is 0 Å². The van der Waals surface area contributed by atoms with E-state index in [1.165, 1.54) is 24.3 Å². The Labute approximate surface area is 120 Å². The van der Waals surface area contributed by atoms with Crippen LogP contribution in [0.4, 0.5) is 0 Å². The lowest BCUT2D eigenvalue weighted by molar-refractivity contribution is -0.140. The van der Waals surface area contributed by atoms with Gasteiger partial charge in [0.05, 0.1) is 4.90 Å². The van der Waals surface area contributed by atoms with E-state index in [0.29, 0.717) is 5.02 Å². The molecular weight excluding hydrogens is 310 g/mol. The van der Waals surface area contributed by atoms with E-state index in [4.69, 9.17) is 21.8 Å². The molecule has 1 aromatic carbocycles. The van der Waals surface area contributed by atoms with E-state index in [9.17, 15) is 18.0 Å². The van der Waals surface area contributed by atoms with Crippen molar-refractivity contribution in [1.82, 2.24) is 4.72 Å². The van der Waals surface area contributed by atoms with Crippen molar-refractivity contribution in [3.8, 4) is 0 Å². The smallest absolute Gasteiger partial charge is 0.321 e. The molecule has 0 spiro atoms. The fourth-order valence-electron chi connectivity index (χ4n) is 1.37. The number of nitrogens with one attached hydrogen (secondary N) is 1. The minimum atomic E-state index is -4.05. The highest BCUT2D eigenvalue weighted by Gasteiger charge is 2.25. The molecule has 0 unspecified atom stereocenters. The Bertz CT molecular complexity index is 598. The number of carbonyl (C=O) groups is 2. The number of aliphatic carboxylic acids is 2. The Morgan fingerprint density at radius 2 is 1.75 bits per heavy atom. The monoisotopic (exact) mass is 321 g/mol. The summed E-state index contributed by atoms with van der Waals surface area (Å²) in [6.45, 7) is 0. The molecule has 9 heteroatoms. The van der Waals surface area contributed by atoms with Gasteiger partial charge in [0.1, 0.15) is 6.04 Å². The van der Waals surface area contributed by atoms with Gasteiger partial charge in [0, 0.05) is 11.4 Å². The minimum absolute atomic E-state index is 0.150. The van der Waals surface area contributed by atoms with Gasteiger partial charge in [-0.3, -0.25) is 9.59 Å². The average Bonchev–Trinajstić information content (AvgIpc) is 2.34. The molecule has 1 rings (SSSR count). The van der Waals surface area contributed by atoms with Gasteiger partial charge < -0.3 is 10.2 Å². The summed E-state index contributed by atoms with van der Waals surface area (Å²) in [4.78, 5) is 21.2. The van der Waals surface area contributed by atoms with Crippen molar-refractivity contribution in [3.05, 3.63) is 29.3 Å². The predicted molar refractivity (Wildman–Crippen MR) is 70.1 cm³/mol. The molecule has 0 aliphatic carbocycles. The molecule has 0 saturated carbocycles. The second-order valence-electron chi connectivity index (χ2n) is 3.90. The number of hydrogen-bond acceptors (Lipinski definition) is 4. The van der Waals surface area contributed by atoms with Gasteiger partial charge >= 0.3 is 11.9 Å². The number of carboxylic acids is 2. The summed E-state index contributed by atoms with van der Waals surface area (Å²) in [6, 6.07) is 3.64. The van der Waals surface area contributed by atoms with Crippen LogP contribution in [0, 0.1) is 0 Å². The number of halogens is 1. The fourth-order valence-corrected chi connectivity index (χ4v) is 2.72. The summed E-state index contributed by atoms with van der Waals surface area (Å²) < 4.78 is 25.8. The van der Waals surface area contributed by atoms with Crippen LogP contribution in [0.3, 0.4) is 0 Å². The van der Waals surface area contributed by atoms with Crippen LogP contribution in [0.25, 0.3) is 0 Å². The van der Waals surface area contributed by atoms with E-state index in [2.05, 4.69) is 0 Å². The summed E-state index contributed by atoms with van der Waals surface area (Å²) in [6.07, 6.45) is -0.808. The molecule has 3 N–H and O–H groups in total. The molecule has 20 heavy (non-hydrogen) atoms. The van der Waals surface area contributed by atoms with E-state index >= 15 is 0 Å². The van der Waals surface area contributed by atoms with Crippen molar-refractivity contribution in [1.29, 1.82) is 0 Å². The summed E-state index contributed by atoms with van der Waals surface area (Å²) in [5.41, 5.74) is 0. The van der Waals surface area contributed by atoms with Crippen LogP contribution in [-0.4, -0.2) is 36.6 Å². The second-order valence-corrected chi connectivity index (χ2v) is 6.05. The van der Waals surface area contributed by atoms with Crippen molar-refractivity contribution in [3.63, 3.8) is 0 Å². The van der Waals surface area contributed by atoms with Gasteiger partial charge in [-0.1, -0.05) is 11.6 Å². The highest BCUT2D eigenvalue weighted by Crippen LogP contribution is 2.15. The third-order valence-electron chi connectivity index (χ3n) is 2.37. The van der Waals surface area contributed by atoms with Gasteiger partial charge in [-0.25, -0.2) is 8.42 Å². The Morgan fingerprint density at radius 1 is 1.20 bits per heavy atom. The van der Waals surface area contributed by atoms with Crippen molar-refractivity contribution in [2.24, 2.45) is 0 Å². The first-order valence-corrected chi connectivity index (χ1v) is 7.31. The summed E-state index contributed by atoms with van der Waals surface area (Å²) in [7, 11) is -4.05. The van der Waals surface area contributed by atoms with E-state index in [-0.39, 0.29) is 11.3 Å². The van der Waals surface area contributed by atoms with Crippen LogP contribution < -0.4 is 4.72 Å². The normalized spacial score (nSPS) is 12.8. The van der Waals surface area contributed by atoms with Crippen LogP contribution in [0.5, 0.6) is 0 Å². The van der Waals surface area contributed by atoms with Gasteiger partial charge in [-0.2, -0.15) is 4.72 Å². The zero-order valence-corrected chi connectivity index (χ0v) is 11.7. The van der Waals surface area contributed by atoms with Crippen LogP contribution in [-0.2, 0) is 19.6 Å². The summed E-state index contributed by atoms with van der Waals surface area (Å²) >= 11 is 5.63. The van der Waals surface area contributed by atoms with Crippen LogP contribution in [0.15, 0.2) is 29.2 Å². The molecule has 0 fully saturated rings. The van der Waals surface area contributed by atoms with E-state index in [0.717, 1.165) is 0 Å². The first-order valence-electron chi connectivity index (χ1n) is 5.45. The maximum absolute atomic E-state index is 11.9. The van der Waals surface area contributed by atoms with Gasteiger partial charge in [0.25, 0.3) is 0 Å². The maximum atomic E-state index is 11.9. The topological polar surface area (TPSA) is 121 Å². The van der Waals surface area contributed by atoms with E-state index in [1.54, 1.807) is 0 Å². The molecule has 0 heterocycles. The Morgan fingerprint density at radius 3 is 2.20 bits per heavy atom. The highest BCUT2D eigenvalue weighted by atomic mass is 35.5. The number of hydrogen-bond donors (Lipinski definition) is 3. The lowest BCUT2D eigenvalue weighted by Gasteiger charge is -2.13. The quantitative estimate of drug-likeness (QED) is 0.687. The Hall–Kier alpha value is -1.64. The Kier molecular flexibility index (Phi) is 5.49. The van der Waals surface area contributed by atoms with Gasteiger partial charge in [-0.15, -0.1) is 0 Å². The predicted octanol–water partition coefficient (Wildman–Crippen LogP) is 0.936. The lowest BCUT2D eigenvalue weighted by atomic mass is 10.2. The summed E-state index contributed by atoms with van der Waals surface area (Å²) in [5, 5.41) is 17.7. The first-order chi connectivity index (χ1) is 9.22. The molecular formula is C11H12ClNO6S. The zero-order chi connectivity index (χ0) is 15.3. The van der Waals surface area contributed by atoms with Gasteiger partial charge in [-0.05, 0) is 30.7 Å². The number of rotatable bonds is 7. The summed E-state index contributed by atoms with van der Waals surface area (Å²) in [5.74, 6) is -2.65. The molecule has 0 amide bonds. The lowest BCUT2D eigenvalue weighted by Crippen LogP contribution is -2.41. The molecule has 0 aliphatic heterocycles. The third kappa shape index (κ3) is 4.80. The molecule has 0 aliphatic rings. The molecule has 110 valence electrons. The van der Waals surface area contributed by atoms with Crippen LogP contribution in [0.1, 0.15) is 12.8 Å². The Balaban J connectivity index is 2.88. The largest absolute Gasteiger partial charge is 0.481 e. The molecule has 0 saturated heterocycles. The molecule has 0 aromatic heterocycles. The van der Waals surface area contributed by atoms with Crippen LogP contribution >= 0.6 is 11.6 Å². The molecule has 7 nitrogen and oxygen atoms in total. The number of benzene rings is 1. The maximum Gasteiger partial charge on any atom is 0.321 e. The molecule has 1 aromatic rings. The molecule has 0 bridgehead atoms. The van der Waals surface area contributed by atoms with Crippen molar-refractivity contribution < 1.29 is 28.2 Å². The van der Waals surface area contributed by atoms with Crippen LogP contribution in [0.2, 0.25) is 5.02 Å². The number of carboxylic acid groups (broad SMARTS) is 2. The SMILES string of the molecule is O=C(O)CC[C@H](NS(=O)(=O)c1ccc(Cl)cc1)C(=O)O. The van der Waals surface area contributed by atoms with E-state index in [1.807, 2.05) is 4.72 Å². The third-order valence-corrected chi connectivity index (χ3v) is 4.11. The fraction of sp³-hybridized carbons (Fsp3) is 0.273. The van der Waals surface area contributed by atoms with E-state index < -0.39 is 34.4 Å². The molecule has 0 radical (unpaired) electrons. The second kappa shape index (κ2) is 6.69. The molecule has 1 atom stereocenters. The van der Waals surface area contributed by atoms with Crippen molar-refractivity contribution in [2.45, 2.75) is 23.8 Å².